The van der Waals surface area contributed by atoms with Gasteiger partial charge in [-0.1, -0.05) is 30.4 Å². The van der Waals surface area contributed by atoms with Crippen molar-refractivity contribution in [1.82, 2.24) is 4.57 Å². The molecule has 0 bridgehead atoms. The first-order valence-electron chi connectivity index (χ1n) is 9.04. The van der Waals surface area contributed by atoms with Crippen molar-refractivity contribution in [3.63, 3.8) is 0 Å². The van der Waals surface area contributed by atoms with Crippen LogP contribution in [0.15, 0.2) is 47.5 Å². The van der Waals surface area contributed by atoms with Crippen molar-refractivity contribution in [3.05, 3.63) is 68.5 Å². The van der Waals surface area contributed by atoms with Gasteiger partial charge in [0.1, 0.15) is 6.54 Å². The Bertz CT molecular complexity index is 1160. The summed E-state index contributed by atoms with van der Waals surface area (Å²) in [5.74, 6) is -1.05. The summed E-state index contributed by atoms with van der Waals surface area (Å²) < 4.78 is 7.56. The quantitative estimate of drug-likeness (QED) is 0.350. The summed E-state index contributed by atoms with van der Waals surface area (Å²) in [4.78, 5) is 39.6. The first kappa shape index (κ1) is 20.4. The first-order chi connectivity index (χ1) is 13.9. The van der Waals surface area contributed by atoms with E-state index in [4.69, 9.17) is 4.74 Å². The molecule has 0 N–H and O–H groups in total. The Hall–Kier alpha value is -3.33. The lowest BCUT2D eigenvalue weighted by Gasteiger charge is -2.05. The van der Waals surface area contributed by atoms with Crippen LogP contribution in [0, 0.1) is 10.1 Å². The third-order valence-corrected chi connectivity index (χ3v) is 5.29. The number of aryl methyl sites for hydroxylation is 1. The van der Waals surface area contributed by atoms with Crippen molar-refractivity contribution in [2.75, 3.05) is 6.61 Å². The Morgan fingerprint density at radius 3 is 2.69 bits per heavy atom. The van der Waals surface area contributed by atoms with Gasteiger partial charge >= 0.3 is 5.97 Å². The van der Waals surface area contributed by atoms with E-state index >= 15 is 0 Å². The topological polar surface area (TPSA) is 104 Å². The molecule has 2 aromatic carbocycles. The van der Waals surface area contributed by atoms with E-state index in [2.05, 4.69) is 4.99 Å². The number of rotatable bonds is 6. The molecule has 3 aromatic rings. The zero-order valence-corrected chi connectivity index (χ0v) is 16.8. The van der Waals surface area contributed by atoms with Gasteiger partial charge in [0.2, 0.25) is 0 Å². The molecule has 1 heterocycles. The third-order valence-electron chi connectivity index (χ3n) is 4.25. The minimum Gasteiger partial charge on any atom is -0.465 e. The number of amides is 1. The summed E-state index contributed by atoms with van der Waals surface area (Å²) in [6.07, 6.45) is 0.852. The predicted molar refractivity (Wildman–Crippen MR) is 109 cm³/mol. The lowest BCUT2D eigenvalue weighted by Crippen LogP contribution is -2.23. The van der Waals surface area contributed by atoms with Crippen LogP contribution in [0.3, 0.4) is 0 Å². The number of benzene rings is 2. The van der Waals surface area contributed by atoms with Crippen LogP contribution >= 0.6 is 11.3 Å². The average molecular weight is 413 g/mol. The molecular formula is C20H19N3O5S. The van der Waals surface area contributed by atoms with Crippen LogP contribution in [0.1, 0.15) is 29.8 Å². The van der Waals surface area contributed by atoms with E-state index < -0.39 is 16.8 Å². The van der Waals surface area contributed by atoms with Gasteiger partial charge in [-0.2, -0.15) is 4.99 Å². The van der Waals surface area contributed by atoms with Crippen LogP contribution in [0.25, 0.3) is 10.2 Å². The number of thiazole rings is 1. The second-order valence-corrected chi connectivity index (χ2v) is 7.16. The Kier molecular flexibility index (Phi) is 6.18. The van der Waals surface area contributed by atoms with E-state index in [1.807, 2.05) is 25.1 Å². The summed E-state index contributed by atoms with van der Waals surface area (Å²) in [6, 6.07) is 11.2. The van der Waals surface area contributed by atoms with Gasteiger partial charge in [-0.25, -0.2) is 0 Å². The zero-order chi connectivity index (χ0) is 21.0. The van der Waals surface area contributed by atoms with Crippen molar-refractivity contribution in [3.8, 4) is 0 Å². The molecule has 0 unspecified atom stereocenters. The van der Waals surface area contributed by atoms with E-state index in [1.165, 1.54) is 35.6 Å². The highest BCUT2D eigenvalue weighted by molar-refractivity contribution is 7.16. The second kappa shape index (κ2) is 8.78. The van der Waals surface area contributed by atoms with Crippen LogP contribution in [0.4, 0.5) is 5.69 Å². The number of esters is 1. The second-order valence-electron chi connectivity index (χ2n) is 6.16. The van der Waals surface area contributed by atoms with Crippen molar-refractivity contribution >= 4 is 39.1 Å². The van der Waals surface area contributed by atoms with Crippen molar-refractivity contribution in [1.29, 1.82) is 0 Å². The van der Waals surface area contributed by atoms with Gasteiger partial charge in [-0.3, -0.25) is 19.7 Å². The molecule has 8 nitrogen and oxygen atoms in total. The third kappa shape index (κ3) is 4.57. The largest absolute Gasteiger partial charge is 0.465 e. The normalized spacial score (nSPS) is 11.6. The highest BCUT2D eigenvalue weighted by Crippen LogP contribution is 2.20. The minimum absolute atomic E-state index is 0.0830. The molecule has 0 radical (unpaired) electrons. The van der Waals surface area contributed by atoms with Crippen LogP contribution in [0.5, 0.6) is 0 Å². The number of non-ortho nitro benzene ring substituents is 1. The molecular weight excluding hydrogens is 394 g/mol. The van der Waals surface area contributed by atoms with E-state index in [-0.39, 0.29) is 24.4 Å². The number of fused-ring (bicyclic) bond motifs is 1. The molecule has 0 saturated heterocycles. The molecule has 3 rings (SSSR count). The Labute approximate surface area is 170 Å². The number of aromatic nitrogens is 1. The molecule has 1 aromatic heterocycles. The Balaban J connectivity index is 2.10. The molecule has 0 spiro atoms. The average Bonchev–Trinajstić information content (AvgIpc) is 3.04. The van der Waals surface area contributed by atoms with Gasteiger partial charge in [0.05, 0.1) is 21.7 Å². The maximum Gasteiger partial charge on any atom is 0.326 e. The fourth-order valence-corrected chi connectivity index (χ4v) is 3.91. The van der Waals surface area contributed by atoms with Gasteiger partial charge in [0.25, 0.3) is 11.6 Å². The number of carbonyl (C=O) groups excluding carboxylic acids is 2. The molecule has 29 heavy (non-hydrogen) atoms. The molecule has 0 saturated carbocycles. The number of nitro benzene ring substituents is 1. The molecule has 150 valence electrons. The fraction of sp³-hybridized carbons (Fsp3) is 0.250. The van der Waals surface area contributed by atoms with Crippen LogP contribution in [0.2, 0.25) is 0 Å². The summed E-state index contributed by atoms with van der Waals surface area (Å²) in [5, 5.41) is 11.0. The molecule has 0 atom stereocenters. The number of nitrogens with zero attached hydrogens (tertiary/aromatic N) is 3. The van der Waals surface area contributed by atoms with Gasteiger partial charge < -0.3 is 9.30 Å². The highest BCUT2D eigenvalue weighted by Gasteiger charge is 2.15. The van der Waals surface area contributed by atoms with Gasteiger partial charge in [-0.05, 0) is 37.1 Å². The SMILES string of the molecule is CCOC(=O)Cn1c(=NC(=O)c2cccc([N+](=O)[O-])c2)sc2cc(CC)ccc21. The monoisotopic (exact) mass is 413 g/mol. The van der Waals surface area contributed by atoms with E-state index in [9.17, 15) is 19.7 Å². The summed E-state index contributed by atoms with van der Waals surface area (Å²) >= 11 is 1.28. The maximum absolute atomic E-state index is 12.6. The predicted octanol–water partition coefficient (Wildman–Crippen LogP) is 3.48. The number of hydrogen-bond donors (Lipinski definition) is 0. The minimum atomic E-state index is -0.617. The highest BCUT2D eigenvalue weighted by atomic mass is 32.1. The number of nitro groups is 1. The van der Waals surface area contributed by atoms with Crippen LogP contribution < -0.4 is 4.80 Å². The maximum atomic E-state index is 12.6. The van der Waals surface area contributed by atoms with E-state index in [0.29, 0.717) is 4.80 Å². The lowest BCUT2D eigenvalue weighted by molar-refractivity contribution is -0.384. The van der Waals surface area contributed by atoms with Crippen molar-refractivity contribution in [2.45, 2.75) is 26.8 Å². The molecule has 0 aliphatic carbocycles. The van der Waals surface area contributed by atoms with Gasteiger partial charge in [0, 0.05) is 17.7 Å². The first-order valence-corrected chi connectivity index (χ1v) is 9.86. The smallest absolute Gasteiger partial charge is 0.326 e. The van der Waals surface area contributed by atoms with Gasteiger partial charge in [-0.15, -0.1) is 0 Å². The van der Waals surface area contributed by atoms with E-state index in [1.54, 1.807) is 11.5 Å². The Morgan fingerprint density at radius 2 is 2.00 bits per heavy atom. The standard InChI is InChI=1S/C20H19N3O5S/c1-3-13-8-9-16-17(10-13)29-20(22(16)12-18(24)28-4-2)21-19(25)14-6-5-7-15(11-14)23(26)27/h5-11H,3-4,12H2,1-2H3. The molecule has 0 fully saturated rings. The fourth-order valence-electron chi connectivity index (χ4n) is 2.82. The van der Waals surface area contributed by atoms with Crippen molar-refractivity contribution in [2.24, 2.45) is 4.99 Å². The summed E-state index contributed by atoms with van der Waals surface area (Å²) in [5.41, 5.74) is 1.81. The van der Waals surface area contributed by atoms with Crippen molar-refractivity contribution < 1.29 is 19.2 Å². The Morgan fingerprint density at radius 1 is 1.21 bits per heavy atom. The molecule has 0 aliphatic rings. The molecule has 1 amide bonds. The zero-order valence-electron chi connectivity index (χ0n) is 16.0. The summed E-state index contributed by atoms with van der Waals surface area (Å²) in [6.45, 7) is 3.93. The molecule has 0 aliphatic heterocycles. The number of ether oxygens (including phenoxy) is 1. The molecule has 9 heteroatoms. The number of hydrogen-bond acceptors (Lipinski definition) is 6. The van der Waals surface area contributed by atoms with E-state index in [0.717, 1.165) is 22.2 Å². The number of carbonyl (C=O) groups is 2. The van der Waals surface area contributed by atoms with Crippen LogP contribution in [-0.2, 0) is 22.5 Å². The summed E-state index contributed by atoms with van der Waals surface area (Å²) in [7, 11) is 0. The lowest BCUT2D eigenvalue weighted by atomic mass is 10.2. The van der Waals surface area contributed by atoms with Gasteiger partial charge in [0.15, 0.2) is 4.80 Å². The van der Waals surface area contributed by atoms with Crippen LogP contribution in [-0.4, -0.2) is 28.0 Å².